The van der Waals surface area contributed by atoms with Gasteiger partial charge in [0.1, 0.15) is 0 Å². The summed E-state index contributed by atoms with van der Waals surface area (Å²) in [6.45, 7) is 5.26. The molecule has 1 aromatic heterocycles. The molecule has 1 aromatic carbocycles. The van der Waals surface area contributed by atoms with E-state index >= 15 is 0 Å². The standard InChI is InChI=1S/C19H26N4O/c1-14-11-17(9-10-22(14)3)19(24)21-18-12-20-23(13-18)15(2)16-7-5-4-6-8-16/h4-8,12-15,17H,9-11H2,1-3H3,(H,21,24)/t14-,15?,17-/m0/s1. The minimum absolute atomic E-state index is 0.0890. The molecule has 0 radical (unpaired) electrons. The van der Waals surface area contributed by atoms with E-state index < -0.39 is 0 Å². The molecule has 1 fully saturated rings. The SMILES string of the molecule is CC(c1ccccc1)n1cc(NC(=O)[C@H]2CCN(C)[C@@H](C)C2)cn1. The van der Waals surface area contributed by atoms with Gasteiger partial charge in [-0.05, 0) is 45.8 Å². The number of benzene rings is 1. The molecule has 1 aliphatic heterocycles. The van der Waals surface area contributed by atoms with Gasteiger partial charge in [-0.3, -0.25) is 9.48 Å². The smallest absolute Gasteiger partial charge is 0.227 e. The van der Waals surface area contributed by atoms with Gasteiger partial charge in [0, 0.05) is 18.2 Å². The van der Waals surface area contributed by atoms with Crippen LogP contribution in [0.5, 0.6) is 0 Å². The van der Waals surface area contributed by atoms with Gasteiger partial charge in [-0.2, -0.15) is 5.10 Å². The molecule has 5 heteroatoms. The summed E-state index contributed by atoms with van der Waals surface area (Å²) < 4.78 is 1.89. The summed E-state index contributed by atoms with van der Waals surface area (Å²) in [5.41, 5.74) is 1.97. The first-order chi connectivity index (χ1) is 11.5. The summed E-state index contributed by atoms with van der Waals surface area (Å²) in [7, 11) is 2.12. The highest BCUT2D eigenvalue weighted by molar-refractivity contribution is 5.92. The number of amides is 1. The van der Waals surface area contributed by atoms with Crippen LogP contribution in [0.2, 0.25) is 0 Å². The molecule has 128 valence electrons. The number of rotatable bonds is 4. The largest absolute Gasteiger partial charge is 0.323 e. The highest BCUT2D eigenvalue weighted by atomic mass is 16.1. The average molecular weight is 326 g/mol. The number of carbonyl (C=O) groups is 1. The minimum atomic E-state index is 0.0890. The Hall–Kier alpha value is -2.14. The Kier molecular flexibility index (Phi) is 5.00. The fourth-order valence-corrected chi connectivity index (χ4v) is 3.27. The molecule has 0 saturated carbocycles. The molecule has 1 N–H and O–H groups in total. The van der Waals surface area contributed by atoms with Gasteiger partial charge in [0.2, 0.25) is 5.91 Å². The highest BCUT2D eigenvalue weighted by Gasteiger charge is 2.28. The third-order valence-electron chi connectivity index (χ3n) is 5.13. The molecular weight excluding hydrogens is 300 g/mol. The van der Waals surface area contributed by atoms with Gasteiger partial charge in [0.25, 0.3) is 0 Å². The Bertz CT molecular complexity index is 682. The van der Waals surface area contributed by atoms with E-state index in [2.05, 4.69) is 48.3 Å². The summed E-state index contributed by atoms with van der Waals surface area (Å²) in [6.07, 6.45) is 5.47. The van der Waals surface area contributed by atoms with Crippen LogP contribution >= 0.6 is 0 Å². The Balaban J connectivity index is 1.63. The van der Waals surface area contributed by atoms with E-state index in [0.717, 1.165) is 25.1 Å². The van der Waals surface area contributed by atoms with Crippen molar-refractivity contribution in [1.29, 1.82) is 0 Å². The van der Waals surface area contributed by atoms with Gasteiger partial charge < -0.3 is 10.2 Å². The second-order valence-corrected chi connectivity index (χ2v) is 6.84. The number of piperidine rings is 1. The topological polar surface area (TPSA) is 50.2 Å². The van der Waals surface area contributed by atoms with Crippen LogP contribution in [0.4, 0.5) is 5.69 Å². The Morgan fingerprint density at radius 3 is 2.79 bits per heavy atom. The zero-order valence-corrected chi connectivity index (χ0v) is 14.6. The van der Waals surface area contributed by atoms with Crippen LogP contribution in [-0.4, -0.2) is 40.2 Å². The van der Waals surface area contributed by atoms with Crippen molar-refractivity contribution in [3.05, 3.63) is 48.3 Å². The van der Waals surface area contributed by atoms with E-state index in [0.29, 0.717) is 6.04 Å². The molecule has 3 rings (SSSR count). The lowest BCUT2D eigenvalue weighted by Gasteiger charge is -2.34. The summed E-state index contributed by atoms with van der Waals surface area (Å²) in [4.78, 5) is 14.8. The predicted molar refractivity (Wildman–Crippen MR) is 95.9 cm³/mol. The van der Waals surface area contributed by atoms with Gasteiger partial charge >= 0.3 is 0 Å². The maximum atomic E-state index is 12.5. The second-order valence-electron chi connectivity index (χ2n) is 6.84. The summed E-state index contributed by atoms with van der Waals surface area (Å²) in [5, 5.41) is 7.44. The third-order valence-corrected chi connectivity index (χ3v) is 5.13. The van der Waals surface area contributed by atoms with Crippen molar-refractivity contribution >= 4 is 11.6 Å². The predicted octanol–water partition coefficient (Wildman–Crippen LogP) is 3.16. The average Bonchev–Trinajstić information content (AvgIpc) is 3.06. The third kappa shape index (κ3) is 3.67. The molecule has 2 aromatic rings. The van der Waals surface area contributed by atoms with Crippen LogP contribution in [0.1, 0.15) is 38.3 Å². The number of nitrogens with zero attached hydrogens (tertiary/aromatic N) is 3. The fourth-order valence-electron chi connectivity index (χ4n) is 3.27. The summed E-state index contributed by atoms with van der Waals surface area (Å²) in [5.74, 6) is 0.202. The summed E-state index contributed by atoms with van der Waals surface area (Å²) >= 11 is 0. The van der Waals surface area contributed by atoms with Gasteiger partial charge in [-0.25, -0.2) is 0 Å². The van der Waals surface area contributed by atoms with Crippen molar-refractivity contribution in [1.82, 2.24) is 14.7 Å². The second kappa shape index (κ2) is 7.18. The van der Waals surface area contributed by atoms with E-state index in [1.165, 1.54) is 5.56 Å². The molecule has 1 aliphatic rings. The monoisotopic (exact) mass is 326 g/mol. The summed E-state index contributed by atoms with van der Waals surface area (Å²) in [6, 6.07) is 10.8. The van der Waals surface area contributed by atoms with E-state index in [1.54, 1.807) is 6.20 Å². The lowest BCUT2D eigenvalue weighted by molar-refractivity contribution is -0.121. The van der Waals surface area contributed by atoms with E-state index in [1.807, 2.05) is 29.1 Å². The number of likely N-dealkylation sites (tertiary alicyclic amines) is 1. The van der Waals surface area contributed by atoms with Crippen LogP contribution in [0.3, 0.4) is 0 Å². The van der Waals surface area contributed by atoms with Gasteiger partial charge in [-0.1, -0.05) is 30.3 Å². The van der Waals surface area contributed by atoms with Gasteiger partial charge in [-0.15, -0.1) is 0 Å². The first-order valence-corrected chi connectivity index (χ1v) is 8.65. The van der Waals surface area contributed by atoms with Crippen LogP contribution in [-0.2, 0) is 4.79 Å². The molecular formula is C19H26N4O. The molecule has 3 atom stereocenters. The van der Waals surface area contributed by atoms with E-state index in [-0.39, 0.29) is 17.9 Å². The van der Waals surface area contributed by atoms with Crippen molar-refractivity contribution in [3.63, 3.8) is 0 Å². The molecule has 1 unspecified atom stereocenters. The first kappa shape index (κ1) is 16.7. The van der Waals surface area contributed by atoms with Crippen molar-refractivity contribution in [2.75, 3.05) is 18.9 Å². The number of hydrogen-bond donors (Lipinski definition) is 1. The Morgan fingerprint density at radius 1 is 1.33 bits per heavy atom. The zero-order valence-electron chi connectivity index (χ0n) is 14.6. The molecule has 0 aliphatic carbocycles. The van der Waals surface area contributed by atoms with Crippen molar-refractivity contribution < 1.29 is 4.79 Å². The maximum absolute atomic E-state index is 12.5. The number of aromatic nitrogens is 2. The highest BCUT2D eigenvalue weighted by Crippen LogP contribution is 2.24. The van der Waals surface area contributed by atoms with Crippen LogP contribution < -0.4 is 5.32 Å². The normalized spacial score (nSPS) is 23.0. The van der Waals surface area contributed by atoms with Gasteiger partial charge in [0.15, 0.2) is 0 Å². The Morgan fingerprint density at radius 2 is 2.08 bits per heavy atom. The molecule has 0 bridgehead atoms. The Labute approximate surface area is 143 Å². The lowest BCUT2D eigenvalue weighted by atomic mass is 9.91. The molecule has 24 heavy (non-hydrogen) atoms. The zero-order chi connectivity index (χ0) is 17.1. The van der Waals surface area contributed by atoms with Crippen LogP contribution in [0.25, 0.3) is 0 Å². The molecule has 0 spiro atoms. The maximum Gasteiger partial charge on any atom is 0.227 e. The van der Waals surface area contributed by atoms with Gasteiger partial charge in [0.05, 0.1) is 17.9 Å². The number of hydrogen-bond acceptors (Lipinski definition) is 3. The van der Waals surface area contributed by atoms with Crippen molar-refractivity contribution in [2.24, 2.45) is 5.92 Å². The molecule has 1 amide bonds. The molecule has 5 nitrogen and oxygen atoms in total. The fraction of sp³-hybridized carbons (Fsp3) is 0.474. The van der Waals surface area contributed by atoms with Crippen LogP contribution in [0, 0.1) is 5.92 Å². The van der Waals surface area contributed by atoms with E-state index in [9.17, 15) is 4.79 Å². The number of carbonyl (C=O) groups excluding carboxylic acids is 1. The number of nitrogens with one attached hydrogen (secondary N) is 1. The minimum Gasteiger partial charge on any atom is -0.323 e. The first-order valence-electron chi connectivity index (χ1n) is 8.65. The van der Waals surface area contributed by atoms with E-state index in [4.69, 9.17) is 0 Å². The van der Waals surface area contributed by atoms with Crippen molar-refractivity contribution in [3.8, 4) is 0 Å². The molecule has 2 heterocycles. The lowest BCUT2D eigenvalue weighted by Crippen LogP contribution is -2.41. The number of anilines is 1. The quantitative estimate of drug-likeness (QED) is 0.939. The van der Waals surface area contributed by atoms with Crippen LogP contribution in [0.15, 0.2) is 42.7 Å². The molecule has 1 saturated heterocycles. The van der Waals surface area contributed by atoms with Crippen molar-refractivity contribution in [2.45, 2.75) is 38.8 Å².